The van der Waals surface area contributed by atoms with E-state index in [9.17, 15) is 9.59 Å². The normalized spacial score (nSPS) is 18.2. The van der Waals surface area contributed by atoms with Gasteiger partial charge in [-0.05, 0) is 25.2 Å². The number of hydrogen-bond donors (Lipinski definition) is 2. The summed E-state index contributed by atoms with van der Waals surface area (Å²) < 4.78 is 0. The number of piperidine rings is 1. The van der Waals surface area contributed by atoms with Crippen LogP contribution in [0.1, 0.15) is 36.9 Å². The van der Waals surface area contributed by atoms with E-state index >= 15 is 0 Å². The first-order valence-corrected chi connectivity index (χ1v) is 8.70. The zero-order valence-corrected chi connectivity index (χ0v) is 13.8. The van der Waals surface area contributed by atoms with Gasteiger partial charge < -0.3 is 16.0 Å². The van der Waals surface area contributed by atoms with Crippen LogP contribution in [0.25, 0.3) is 0 Å². The van der Waals surface area contributed by atoms with Crippen LogP contribution in [0.4, 0.5) is 4.79 Å². The third-order valence-corrected chi connectivity index (χ3v) is 4.90. The molecule has 1 aromatic heterocycles. The predicted molar refractivity (Wildman–Crippen MR) is 86.7 cm³/mol. The zero-order chi connectivity index (χ0) is 15.9. The third kappa shape index (κ3) is 4.98. The van der Waals surface area contributed by atoms with E-state index in [1.54, 1.807) is 16.2 Å². The monoisotopic (exact) mass is 324 g/mol. The van der Waals surface area contributed by atoms with Crippen LogP contribution in [0, 0.1) is 5.92 Å². The number of nitrogens with zero attached hydrogens (tertiary/aromatic N) is 2. The first-order chi connectivity index (χ1) is 10.6. The highest BCUT2D eigenvalue weighted by atomic mass is 32.1. The first-order valence-electron chi connectivity index (χ1n) is 7.82. The number of primary amides is 1. The number of hydrogen-bond acceptors (Lipinski definition) is 4. The molecular weight excluding hydrogens is 300 g/mol. The van der Waals surface area contributed by atoms with Gasteiger partial charge in [-0.2, -0.15) is 0 Å². The molecule has 3 N–H and O–H groups in total. The quantitative estimate of drug-likeness (QED) is 0.832. The molecule has 0 unspecified atom stereocenters. The molecule has 22 heavy (non-hydrogen) atoms. The van der Waals surface area contributed by atoms with Crippen molar-refractivity contribution in [3.05, 3.63) is 16.1 Å². The molecule has 0 bridgehead atoms. The van der Waals surface area contributed by atoms with Gasteiger partial charge in [0.15, 0.2) is 0 Å². The highest BCUT2D eigenvalue weighted by molar-refractivity contribution is 7.09. The molecule has 0 spiro atoms. The molecule has 1 aliphatic rings. The molecule has 1 atom stereocenters. The Labute approximate surface area is 135 Å². The lowest BCUT2D eigenvalue weighted by atomic mass is 9.95. The van der Waals surface area contributed by atoms with Gasteiger partial charge in [-0.15, -0.1) is 11.3 Å². The summed E-state index contributed by atoms with van der Waals surface area (Å²) >= 11 is 1.66. The summed E-state index contributed by atoms with van der Waals surface area (Å²) in [6.45, 7) is 4.04. The Morgan fingerprint density at radius 2 is 2.36 bits per heavy atom. The number of aryl methyl sites for hydroxylation is 1. The number of likely N-dealkylation sites (tertiary alicyclic amines) is 1. The molecular formula is C15H24N4O2S. The van der Waals surface area contributed by atoms with Crippen molar-refractivity contribution in [1.82, 2.24) is 15.2 Å². The average molecular weight is 324 g/mol. The Balaban J connectivity index is 1.73. The third-order valence-electron chi connectivity index (χ3n) is 3.86. The number of amides is 3. The van der Waals surface area contributed by atoms with Crippen LogP contribution in [0.3, 0.4) is 0 Å². The maximum atomic E-state index is 12.2. The van der Waals surface area contributed by atoms with E-state index in [0.717, 1.165) is 42.9 Å². The lowest BCUT2D eigenvalue weighted by Crippen LogP contribution is -2.46. The van der Waals surface area contributed by atoms with Crippen LogP contribution in [0.2, 0.25) is 0 Å². The van der Waals surface area contributed by atoms with Crippen molar-refractivity contribution in [3.8, 4) is 0 Å². The molecule has 0 saturated carbocycles. The minimum Gasteiger partial charge on any atom is -0.370 e. The summed E-state index contributed by atoms with van der Waals surface area (Å²) in [5.41, 5.74) is 6.27. The lowest BCUT2D eigenvalue weighted by Gasteiger charge is -2.32. The molecule has 122 valence electrons. The fourth-order valence-corrected chi connectivity index (χ4v) is 3.52. The van der Waals surface area contributed by atoms with Crippen LogP contribution in [-0.4, -0.2) is 41.5 Å². The smallest absolute Gasteiger partial charge is 0.317 e. The van der Waals surface area contributed by atoms with Crippen molar-refractivity contribution < 1.29 is 9.59 Å². The molecule has 1 fully saturated rings. The van der Waals surface area contributed by atoms with Crippen LogP contribution < -0.4 is 11.1 Å². The molecule has 7 heteroatoms. The number of nitrogens with two attached hydrogens (primary N) is 1. The van der Waals surface area contributed by atoms with Crippen molar-refractivity contribution in [2.24, 2.45) is 11.7 Å². The van der Waals surface area contributed by atoms with E-state index in [1.807, 2.05) is 0 Å². The minimum absolute atomic E-state index is 0.0554. The first kappa shape index (κ1) is 16.7. The Hall–Kier alpha value is -1.63. The van der Waals surface area contributed by atoms with E-state index in [2.05, 4.69) is 22.6 Å². The molecule has 0 radical (unpaired) electrons. The average Bonchev–Trinajstić information content (AvgIpc) is 2.94. The van der Waals surface area contributed by atoms with Gasteiger partial charge in [-0.1, -0.05) is 6.92 Å². The molecule has 1 aliphatic heterocycles. The minimum atomic E-state index is -0.289. The van der Waals surface area contributed by atoms with E-state index in [0.29, 0.717) is 19.5 Å². The molecule has 1 saturated heterocycles. The van der Waals surface area contributed by atoms with Gasteiger partial charge in [0.2, 0.25) is 5.91 Å². The number of nitrogens with one attached hydrogen (secondary N) is 1. The van der Waals surface area contributed by atoms with Crippen molar-refractivity contribution in [1.29, 1.82) is 0 Å². The number of thiazole rings is 1. The van der Waals surface area contributed by atoms with Gasteiger partial charge in [0.25, 0.3) is 0 Å². The van der Waals surface area contributed by atoms with E-state index < -0.39 is 0 Å². The summed E-state index contributed by atoms with van der Waals surface area (Å²) in [6, 6.07) is -0.0554. The number of carbonyl (C=O) groups is 2. The number of rotatable bonds is 6. The highest BCUT2D eigenvalue weighted by Crippen LogP contribution is 2.19. The van der Waals surface area contributed by atoms with Gasteiger partial charge in [0.05, 0.1) is 10.7 Å². The number of carbonyl (C=O) groups excluding carboxylic acids is 2. The van der Waals surface area contributed by atoms with Crippen LogP contribution >= 0.6 is 11.3 Å². The van der Waals surface area contributed by atoms with Gasteiger partial charge in [-0.25, -0.2) is 9.78 Å². The Kier molecular flexibility index (Phi) is 6.18. The second-order valence-corrected chi connectivity index (χ2v) is 6.64. The van der Waals surface area contributed by atoms with Crippen molar-refractivity contribution >= 4 is 23.3 Å². The van der Waals surface area contributed by atoms with Gasteiger partial charge in [0, 0.05) is 37.9 Å². The van der Waals surface area contributed by atoms with Crippen LogP contribution in [-0.2, 0) is 17.6 Å². The predicted octanol–water partition coefficient (Wildman–Crippen LogP) is 1.54. The standard InChI is InChI=1S/C15H24N4O2S/c1-2-14-18-12(10-22-14)5-6-17-15(21)19-7-3-4-11(9-19)8-13(16)20/h10-11H,2-9H2,1H3,(H2,16,20)(H,17,21)/t11-/m0/s1. The lowest BCUT2D eigenvalue weighted by molar-refractivity contribution is -0.119. The van der Waals surface area contributed by atoms with Crippen molar-refractivity contribution in [2.45, 2.75) is 39.0 Å². The number of urea groups is 1. The molecule has 0 aromatic carbocycles. The van der Waals surface area contributed by atoms with E-state index in [1.165, 1.54) is 0 Å². The molecule has 1 aromatic rings. The highest BCUT2D eigenvalue weighted by Gasteiger charge is 2.24. The maximum Gasteiger partial charge on any atom is 0.317 e. The summed E-state index contributed by atoms with van der Waals surface area (Å²) in [4.78, 5) is 29.4. The SMILES string of the molecule is CCc1nc(CCNC(=O)N2CCC[C@@H](CC(N)=O)C2)cs1. The van der Waals surface area contributed by atoms with Crippen LogP contribution in [0.15, 0.2) is 5.38 Å². The molecule has 0 aliphatic carbocycles. The molecule has 3 amide bonds. The van der Waals surface area contributed by atoms with Crippen molar-refractivity contribution in [3.63, 3.8) is 0 Å². The van der Waals surface area contributed by atoms with Gasteiger partial charge in [0.1, 0.15) is 0 Å². The van der Waals surface area contributed by atoms with E-state index in [-0.39, 0.29) is 17.9 Å². The van der Waals surface area contributed by atoms with Gasteiger partial charge in [-0.3, -0.25) is 4.79 Å². The second-order valence-electron chi connectivity index (χ2n) is 5.69. The molecule has 2 rings (SSSR count). The Morgan fingerprint density at radius 1 is 1.55 bits per heavy atom. The Morgan fingerprint density at radius 3 is 3.05 bits per heavy atom. The topological polar surface area (TPSA) is 88.3 Å². The maximum absolute atomic E-state index is 12.2. The second kappa shape index (κ2) is 8.12. The van der Waals surface area contributed by atoms with Gasteiger partial charge >= 0.3 is 6.03 Å². The Bertz CT molecular complexity index is 517. The summed E-state index contributed by atoms with van der Waals surface area (Å²) in [5, 5.41) is 6.12. The summed E-state index contributed by atoms with van der Waals surface area (Å²) in [6.07, 6.45) is 3.96. The fourth-order valence-electron chi connectivity index (χ4n) is 2.74. The van der Waals surface area contributed by atoms with Crippen LogP contribution in [0.5, 0.6) is 0 Å². The molecule has 2 heterocycles. The summed E-state index contributed by atoms with van der Waals surface area (Å²) in [5.74, 6) is -0.0924. The zero-order valence-electron chi connectivity index (χ0n) is 13.0. The number of aromatic nitrogens is 1. The largest absolute Gasteiger partial charge is 0.370 e. The molecule has 6 nitrogen and oxygen atoms in total. The van der Waals surface area contributed by atoms with E-state index in [4.69, 9.17) is 5.73 Å². The summed E-state index contributed by atoms with van der Waals surface area (Å²) in [7, 11) is 0. The van der Waals surface area contributed by atoms with Crippen molar-refractivity contribution in [2.75, 3.05) is 19.6 Å². The fraction of sp³-hybridized carbons (Fsp3) is 0.667.